The minimum absolute atomic E-state index is 0.530. The zero-order chi connectivity index (χ0) is 14.8. The third-order valence-electron chi connectivity index (χ3n) is 3.29. The van der Waals surface area contributed by atoms with E-state index in [1.807, 2.05) is 30.3 Å². The van der Waals surface area contributed by atoms with Crippen LogP contribution in [0, 0.1) is 6.92 Å². The van der Waals surface area contributed by atoms with Crippen LogP contribution >= 0.6 is 11.8 Å². The van der Waals surface area contributed by atoms with Crippen molar-refractivity contribution in [2.75, 3.05) is 11.5 Å². The predicted molar refractivity (Wildman–Crippen MR) is 87.4 cm³/mol. The van der Waals surface area contributed by atoms with Gasteiger partial charge in [-0.25, -0.2) is 4.98 Å². The molecular formula is C16H17N3OS. The number of fused-ring (bicyclic) bond motifs is 1. The van der Waals surface area contributed by atoms with Crippen molar-refractivity contribution in [3.05, 3.63) is 53.6 Å². The van der Waals surface area contributed by atoms with Crippen LogP contribution in [0.15, 0.2) is 47.6 Å². The van der Waals surface area contributed by atoms with Crippen molar-refractivity contribution in [3.8, 4) is 0 Å². The Kier molecular flexibility index (Phi) is 3.86. The lowest BCUT2D eigenvalue weighted by Crippen LogP contribution is -2.01. The van der Waals surface area contributed by atoms with Gasteiger partial charge >= 0.3 is 0 Å². The van der Waals surface area contributed by atoms with Gasteiger partial charge in [-0.15, -0.1) is 0 Å². The van der Waals surface area contributed by atoms with Crippen molar-refractivity contribution in [3.63, 3.8) is 0 Å². The molecule has 0 saturated heterocycles. The van der Waals surface area contributed by atoms with E-state index < -0.39 is 6.10 Å². The Hall–Kier alpha value is -1.98. The summed E-state index contributed by atoms with van der Waals surface area (Å²) in [6.45, 7) is 2.05. The number of aromatic nitrogens is 2. The zero-order valence-electron chi connectivity index (χ0n) is 11.7. The largest absolute Gasteiger partial charge is 0.399 e. The fourth-order valence-electron chi connectivity index (χ4n) is 2.19. The van der Waals surface area contributed by atoms with Crippen molar-refractivity contribution in [2.45, 2.75) is 18.2 Å². The second kappa shape index (κ2) is 5.79. The number of nitrogen functional groups attached to an aromatic ring is 1. The number of rotatable bonds is 4. The summed E-state index contributed by atoms with van der Waals surface area (Å²) < 4.78 is 0. The second-order valence-electron chi connectivity index (χ2n) is 5.06. The van der Waals surface area contributed by atoms with E-state index in [4.69, 9.17) is 5.73 Å². The first-order valence-electron chi connectivity index (χ1n) is 6.74. The maximum atomic E-state index is 10.2. The molecule has 3 aromatic rings. The van der Waals surface area contributed by atoms with Gasteiger partial charge in [0.25, 0.3) is 0 Å². The van der Waals surface area contributed by atoms with Crippen molar-refractivity contribution in [1.82, 2.24) is 9.97 Å². The fourth-order valence-corrected chi connectivity index (χ4v) is 3.04. The maximum absolute atomic E-state index is 10.2. The smallest absolute Gasteiger partial charge is 0.166 e. The number of aliphatic hydroxyl groups is 1. The quantitative estimate of drug-likeness (QED) is 0.510. The number of hydrogen-bond donors (Lipinski definition) is 3. The van der Waals surface area contributed by atoms with Crippen molar-refractivity contribution >= 4 is 28.5 Å². The lowest BCUT2D eigenvalue weighted by atomic mass is 10.1. The predicted octanol–water partition coefficient (Wildman–Crippen LogP) is 3.28. The highest BCUT2D eigenvalue weighted by molar-refractivity contribution is 7.99. The first-order chi connectivity index (χ1) is 10.1. The summed E-state index contributed by atoms with van der Waals surface area (Å²) in [6.07, 6.45) is -0.562. The van der Waals surface area contributed by atoms with E-state index in [9.17, 15) is 5.11 Å². The van der Waals surface area contributed by atoms with E-state index in [1.165, 1.54) is 17.3 Å². The van der Waals surface area contributed by atoms with E-state index in [-0.39, 0.29) is 0 Å². The standard InChI is InChI=1S/C16H17N3OS/c1-10-5-6-13-14(7-10)19-16(18-13)21-9-15(20)11-3-2-4-12(17)8-11/h2-8,15,20H,9,17H2,1H3,(H,18,19). The lowest BCUT2D eigenvalue weighted by Gasteiger charge is -2.10. The van der Waals surface area contributed by atoms with Crippen LogP contribution in [0.25, 0.3) is 11.0 Å². The third-order valence-corrected chi connectivity index (χ3v) is 4.24. The molecule has 0 aliphatic carbocycles. The number of anilines is 1. The number of hydrogen-bond acceptors (Lipinski definition) is 4. The molecule has 21 heavy (non-hydrogen) atoms. The monoisotopic (exact) mass is 299 g/mol. The Balaban J connectivity index is 1.71. The molecule has 1 unspecified atom stereocenters. The van der Waals surface area contributed by atoms with Crippen LogP contribution in [0.5, 0.6) is 0 Å². The number of thioether (sulfide) groups is 1. The lowest BCUT2D eigenvalue weighted by molar-refractivity contribution is 0.204. The number of aliphatic hydroxyl groups excluding tert-OH is 1. The van der Waals surface area contributed by atoms with E-state index in [1.54, 1.807) is 6.07 Å². The van der Waals surface area contributed by atoms with Crippen LogP contribution in [-0.2, 0) is 0 Å². The molecule has 0 aliphatic heterocycles. The summed E-state index contributed by atoms with van der Waals surface area (Å²) in [5, 5.41) is 11.0. The minimum Gasteiger partial charge on any atom is -0.399 e. The molecule has 5 heteroatoms. The molecule has 0 amide bonds. The molecule has 0 spiro atoms. The molecular weight excluding hydrogens is 282 g/mol. The van der Waals surface area contributed by atoms with Crippen LogP contribution in [-0.4, -0.2) is 20.8 Å². The van der Waals surface area contributed by atoms with Crippen molar-refractivity contribution < 1.29 is 5.11 Å². The van der Waals surface area contributed by atoms with Gasteiger partial charge in [-0.1, -0.05) is 30.0 Å². The van der Waals surface area contributed by atoms with E-state index in [0.29, 0.717) is 11.4 Å². The first-order valence-corrected chi connectivity index (χ1v) is 7.73. The number of aryl methyl sites for hydroxylation is 1. The Morgan fingerprint density at radius 1 is 1.29 bits per heavy atom. The van der Waals surface area contributed by atoms with Gasteiger partial charge in [0.15, 0.2) is 5.16 Å². The average molecular weight is 299 g/mol. The summed E-state index contributed by atoms with van der Waals surface area (Å²) in [5.41, 5.74) is 10.4. The molecule has 0 aliphatic rings. The molecule has 1 heterocycles. The van der Waals surface area contributed by atoms with Crippen LogP contribution in [0.3, 0.4) is 0 Å². The van der Waals surface area contributed by atoms with Crippen LogP contribution in [0.1, 0.15) is 17.2 Å². The molecule has 108 valence electrons. The third kappa shape index (κ3) is 3.20. The summed E-state index contributed by atoms with van der Waals surface area (Å²) in [6, 6.07) is 13.4. The fraction of sp³-hybridized carbons (Fsp3) is 0.188. The second-order valence-corrected chi connectivity index (χ2v) is 6.07. The molecule has 2 aromatic carbocycles. The molecule has 0 saturated carbocycles. The molecule has 0 bridgehead atoms. The van der Waals surface area contributed by atoms with E-state index >= 15 is 0 Å². The van der Waals surface area contributed by atoms with E-state index in [2.05, 4.69) is 23.0 Å². The molecule has 0 fully saturated rings. The summed E-state index contributed by atoms with van der Waals surface area (Å²) >= 11 is 1.50. The molecule has 0 radical (unpaired) electrons. The van der Waals surface area contributed by atoms with Crippen molar-refractivity contribution in [2.24, 2.45) is 0 Å². The molecule has 1 atom stereocenters. The zero-order valence-corrected chi connectivity index (χ0v) is 12.5. The van der Waals surface area contributed by atoms with Gasteiger partial charge in [-0.2, -0.15) is 0 Å². The topological polar surface area (TPSA) is 74.9 Å². The Labute approximate surface area is 127 Å². The van der Waals surface area contributed by atoms with E-state index in [0.717, 1.165) is 21.8 Å². The van der Waals surface area contributed by atoms with Crippen LogP contribution in [0.4, 0.5) is 5.69 Å². The Morgan fingerprint density at radius 2 is 2.14 bits per heavy atom. The average Bonchev–Trinajstić information content (AvgIpc) is 2.86. The highest BCUT2D eigenvalue weighted by Gasteiger charge is 2.10. The van der Waals surface area contributed by atoms with Crippen molar-refractivity contribution in [1.29, 1.82) is 0 Å². The number of nitrogens with two attached hydrogens (primary N) is 1. The van der Waals surface area contributed by atoms with Gasteiger partial charge in [0, 0.05) is 11.4 Å². The molecule has 4 nitrogen and oxygen atoms in total. The van der Waals surface area contributed by atoms with Gasteiger partial charge in [-0.05, 0) is 42.3 Å². The van der Waals surface area contributed by atoms with Gasteiger partial charge in [0.2, 0.25) is 0 Å². The molecule has 1 aromatic heterocycles. The highest BCUT2D eigenvalue weighted by atomic mass is 32.2. The molecule has 4 N–H and O–H groups in total. The number of benzene rings is 2. The highest BCUT2D eigenvalue weighted by Crippen LogP contribution is 2.25. The SMILES string of the molecule is Cc1ccc2nc(SCC(O)c3cccc(N)c3)[nH]c2c1. The number of aromatic amines is 1. The minimum atomic E-state index is -0.562. The summed E-state index contributed by atoms with van der Waals surface area (Å²) in [7, 11) is 0. The number of nitrogens with one attached hydrogen (secondary N) is 1. The summed E-state index contributed by atoms with van der Waals surface area (Å²) in [5.74, 6) is 0.530. The first kappa shape index (κ1) is 14.0. The van der Waals surface area contributed by atoms with Gasteiger partial charge in [0.1, 0.15) is 0 Å². The number of nitrogens with zero attached hydrogens (tertiary/aromatic N) is 1. The Bertz CT molecular complexity index is 769. The maximum Gasteiger partial charge on any atom is 0.166 e. The van der Waals surface area contributed by atoms with Gasteiger partial charge in [0.05, 0.1) is 17.1 Å². The van der Waals surface area contributed by atoms with Crippen LogP contribution in [0.2, 0.25) is 0 Å². The van der Waals surface area contributed by atoms with Crippen LogP contribution < -0.4 is 5.73 Å². The number of H-pyrrole nitrogens is 1. The Morgan fingerprint density at radius 3 is 2.95 bits per heavy atom. The number of imidazole rings is 1. The normalized spacial score (nSPS) is 12.7. The molecule has 3 rings (SSSR count). The summed E-state index contributed by atoms with van der Waals surface area (Å²) in [4.78, 5) is 7.78. The van der Waals surface area contributed by atoms with Gasteiger partial charge in [-0.3, -0.25) is 0 Å². The van der Waals surface area contributed by atoms with Gasteiger partial charge < -0.3 is 15.8 Å².